The molecule has 0 radical (unpaired) electrons. The van der Waals surface area contributed by atoms with Crippen molar-refractivity contribution in [2.24, 2.45) is 0 Å². The molecule has 1 heterocycles. The molecule has 1 aliphatic rings. The molecule has 2 aromatic carbocycles. The number of rotatable bonds is 4. The third kappa shape index (κ3) is 2.53. The molecule has 2 atom stereocenters. The van der Waals surface area contributed by atoms with Gasteiger partial charge in [-0.2, -0.15) is 0 Å². The standard InChI is InChI=1S/C14H13NO3S/c16-19(17,13-9-5-2-6-10-13)14-15(18-14)11-12-7-3-1-4-8-12/h1-10,14H,11H2. The van der Waals surface area contributed by atoms with Crippen molar-refractivity contribution in [1.29, 1.82) is 0 Å². The second kappa shape index (κ2) is 4.77. The molecule has 1 saturated heterocycles. The Kier molecular flexibility index (Phi) is 3.10. The van der Waals surface area contributed by atoms with Crippen LogP contribution in [0.4, 0.5) is 0 Å². The summed E-state index contributed by atoms with van der Waals surface area (Å²) in [6, 6.07) is 18.0. The molecule has 3 rings (SSSR count). The van der Waals surface area contributed by atoms with Crippen LogP contribution in [0.15, 0.2) is 65.6 Å². The Labute approximate surface area is 112 Å². The maximum absolute atomic E-state index is 12.2. The van der Waals surface area contributed by atoms with E-state index in [1.165, 1.54) is 5.06 Å². The quantitative estimate of drug-likeness (QED) is 0.803. The van der Waals surface area contributed by atoms with Crippen molar-refractivity contribution in [2.45, 2.75) is 17.0 Å². The first-order chi connectivity index (χ1) is 9.18. The van der Waals surface area contributed by atoms with Crippen molar-refractivity contribution in [3.63, 3.8) is 0 Å². The zero-order valence-electron chi connectivity index (χ0n) is 10.1. The molecule has 0 saturated carbocycles. The number of benzene rings is 2. The normalized spacial score (nSPS) is 22.1. The lowest BCUT2D eigenvalue weighted by molar-refractivity contribution is 0.193. The number of nitrogens with zero attached hydrogens (tertiary/aromatic N) is 1. The van der Waals surface area contributed by atoms with Gasteiger partial charge in [-0.3, -0.25) is 4.84 Å². The average Bonchev–Trinajstić information content (AvgIpc) is 3.21. The lowest BCUT2D eigenvalue weighted by Gasteiger charge is -2.01. The lowest BCUT2D eigenvalue weighted by atomic mass is 10.2. The zero-order valence-corrected chi connectivity index (χ0v) is 11.0. The molecule has 98 valence electrons. The molecule has 0 aromatic heterocycles. The van der Waals surface area contributed by atoms with Crippen LogP contribution in [-0.4, -0.2) is 19.0 Å². The Morgan fingerprint density at radius 3 is 2.16 bits per heavy atom. The van der Waals surface area contributed by atoms with Crippen LogP contribution in [0.5, 0.6) is 0 Å². The number of sulfone groups is 1. The molecule has 0 spiro atoms. The Hall–Kier alpha value is -1.69. The number of hydrogen-bond donors (Lipinski definition) is 0. The molecule has 0 amide bonds. The van der Waals surface area contributed by atoms with Gasteiger partial charge in [-0.05, 0) is 17.7 Å². The van der Waals surface area contributed by atoms with E-state index in [0.29, 0.717) is 6.54 Å². The topological polar surface area (TPSA) is 49.7 Å². The fourth-order valence-electron chi connectivity index (χ4n) is 1.90. The molecular weight excluding hydrogens is 262 g/mol. The maximum Gasteiger partial charge on any atom is 0.260 e. The average molecular weight is 275 g/mol. The largest absolute Gasteiger partial charge is 0.260 e. The molecule has 4 nitrogen and oxygen atoms in total. The van der Waals surface area contributed by atoms with Gasteiger partial charge in [-0.15, -0.1) is 5.06 Å². The summed E-state index contributed by atoms with van der Waals surface area (Å²) in [6.07, 6.45) is 0. The van der Waals surface area contributed by atoms with Crippen molar-refractivity contribution in [2.75, 3.05) is 0 Å². The van der Waals surface area contributed by atoms with Crippen LogP contribution in [-0.2, 0) is 21.2 Å². The van der Waals surface area contributed by atoms with E-state index in [-0.39, 0.29) is 4.90 Å². The van der Waals surface area contributed by atoms with Crippen molar-refractivity contribution >= 4 is 9.84 Å². The van der Waals surface area contributed by atoms with Gasteiger partial charge >= 0.3 is 0 Å². The van der Waals surface area contributed by atoms with Gasteiger partial charge in [0.05, 0.1) is 11.4 Å². The molecule has 2 aromatic rings. The van der Waals surface area contributed by atoms with E-state index >= 15 is 0 Å². The zero-order chi connectivity index (χ0) is 13.3. The summed E-state index contributed by atoms with van der Waals surface area (Å²) >= 11 is 0. The molecule has 1 aliphatic heterocycles. The van der Waals surface area contributed by atoms with Crippen LogP contribution in [0, 0.1) is 0 Å². The Balaban J connectivity index is 1.73. The van der Waals surface area contributed by atoms with Crippen LogP contribution >= 0.6 is 0 Å². The highest BCUT2D eigenvalue weighted by Gasteiger charge is 2.48. The van der Waals surface area contributed by atoms with Crippen molar-refractivity contribution in [1.82, 2.24) is 5.06 Å². The van der Waals surface area contributed by atoms with E-state index in [1.54, 1.807) is 30.3 Å². The SMILES string of the molecule is O=S(=O)(c1ccccc1)C1ON1Cc1ccccc1. The summed E-state index contributed by atoms with van der Waals surface area (Å²) in [7, 11) is -3.43. The third-order valence-corrected chi connectivity index (χ3v) is 4.71. The highest BCUT2D eigenvalue weighted by molar-refractivity contribution is 7.92. The minimum Gasteiger partial charge on any atom is -0.257 e. The second-order valence-corrected chi connectivity index (χ2v) is 6.30. The van der Waals surface area contributed by atoms with Crippen LogP contribution < -0.4 is 0 Å². The van der Waals surface area contributed by atoms with Crippen LogP contribution in [0.1, 0.15) is 5.56 Å². The summed E-state index contributed by atoms with van der Waals surface area (Å²) in [5.74, 6) is 0. The minimum atomic E-state index is -3.43. The summed E-state index contributed by atoms with van der Waals surface area (Å²) < 4.78 is 24.5. The van der Waals surface area contributed by atoms with E-state index in [2.05, 4.69) is 0 Å². The number of hydroxylamine groups is 2. The van der Waals surface area contributed by atoms with Crippen LogP contribution in [0.3, 0.4) is 0 Å². The summed E-state index contributed by atoms with van der Waals surface area (Å²) in [6.45, 7) is 0.470. The van der Waals surface area contributed by atoms with E-state index < -0.39 is 15.4 Å². The molecule has 1 fully saturated rings. The van der Waals surface area contributed by atoms with Gasteiger partial charge in [0.1, 0.15) is 0 Å². The Morgan fingerprint density at radius 1 is 0.947 bits per heavy atom. The van der Waals surface area contributed by atoms with Crippen LogP contribution in [0.25, 0.3) is 0 Å². The first-order valence-electron chi connectivity index (χ1n) is 5.94. The van der Waals surface area contributed by atoms with Gasteiger partial charge < -0.3 is 0 Å². The van der Waals surface area contributed by atoms with E-state index in [4.69, 9.17) is 4.84 Å². The van der Waals surface area contributed by atoms with Crippen molar-refractivity contribution in [3.05, 3.63) is 66.2 Å². The lowest BCUT2D eigenvalue weighted by Crippen LogP contribution is -2.14. The number of hydrogen-bond acceptors (Lipinski definition) is 4. The Morgan fingerprint density at radius 2 is 1.53 bits per heavy atom. The predicted molar refractivity (Wildman–Crippen MR) is 70.5 cm³/mol. The molecule has 2 unspecified atom stereocenters. The minimum absolute atomic E-state index is 0.288. The highest BCUT2D eigenvalue weighted by atomic mass is 32.2. The summed E-state index contributed by atoms with van der Waals surface area (Å²) in [4.78, 5) is 5.47. The summed E-state index contributed by atoms with van der Waals surface area (Å²) in [5, 5.41) is 1.47. The fourth-order valence-corrected chi connectivity index (χ4v) is 3.28. The third-order valence-electron chi connectivity index (χ3n) is 2.93. The Bertz CT molecular complexity index is 656. The van der Waals surface area contributed by atoms with E-state index in [0.717, 1.165) is 5.56 Å². The first kappa shape index (κ1) is 12.3. The molecule has 19 heavy (non-hydrogen) atoms. The highest BCUT2D eigenvalue weighted by Crippen LogP contribution is 2.32. The molecule has 0 bridgehead atoms. The second-order valence-electron chi connectivity index (χ2n) is 4.33. The van der Waals surface area contributed by atoms with Gasteiger partial charge in [0.2, 0.25) is 9.84 Å². The fraction of sp³-hybridized carbons (Fsp3) is 0.143. The molecule has 0 N–H and O–H groups in total. The van der Waals surface area contributed by atoms with Gasteiger partial charge in [0, 0.05) is 0 Å². The van der Waals surface area contributed by atoms with E-state index in [1.807, 2.05) is 30.3 Å². The maximum atomic E-state index is 12.2. The van der Waals surface area contributed by atoms with E-state index in [9.17, 15) is 8.42 Å². The van der Waals surface area contributed by atoms with Gasteiger partial charge in [0.15, 0.2) is 0 Å². The molecule has 0 aliphatic carbocycles. The molecule has 5 heteroatoms. The molecular formula is C14H13NO3S. The predicted octanol–water partition coefficient (Wildman–Crippen LogP) is 2.19. The smallest absolute Gasteiger partial charge is 0.257 e. The first-order valence-corrected chi connectivity index (χ1v) is 7.49. The summed E-state index contributed by atoms with van der Waals surface area (Å²) in [5.41, 5.74) is 0.156. The van der Waals surface area contributed by atoms with Crippen LogP contribution in [0.2, 0.25) is 0 Å². The van der Waals surface area contributed by atoms with Crippen molar-refractivity contribution < 1.29 is 13.3 Å². The van der Waals surface area contributed by atoms with Gasteiger partial charge in [0.25, 0.3) is 5.56 Å². The monoisotopic (exact) mass is 275 g/mol. The van der Waals surface area contributed by atoms with Gasteiger partial charge in [-0.1, -0.05) is 48.5 Å². The van der Waals surface area contributed by atoms with Crippen molar-refractivity contribution in [3.8, 4) is 0 Å². The van der Waals surface area contributed by atoms with Gasteiger partial charge in [-0.25, -0.2) is 8.42 Å².